The number of pyridine rings is 2. The molecule has 0 fully saturated rings. The second-order valence-corrected chi connectivity index (χ2v) is 3.56. The molecule has 3 heteroatoms. The van der Waals surface area contributed by atoms with Crippen LogP contribution in [-0.2, 0) is 5.60 Å². The van der Waals surface area contributed by atoms with Gasteiger partial charge in [0, 0.05) is 35.9 Å². The van der Waals surface area contributed by atoms with Crippen molar-refractivity contribution in [2.45, 2.75) is 12.5 Å². The third-order valence-corrected chi connectivity index (χ3v) is 2.45. The Labute approximate surface area is 88.5 Å². The van der Waals surface area contributed by atoms with Crippen LogP contribution >= 0.6 is 0 Å². The molecule has 2 rings (SSSR count). The van der Waals surface area contributed by atoms with E-state index in [1.54, 1.807) is 43.8 Å². The van der Waals surface area contributed by atoms with Gasteiger partial charge < -0.3 is 5.11 Å². The summed E-state index contributed by atoms with van der Waals surface area (Å²) in [5.41, 5.74) is 0.485. The lowest BCUT2D eigenvalue weighted by molar-refractivity contribution is 0.101. The van der Waals surface area contributed by atoms with Crippen LogP contribution < -0.4 is 0 Å². The summed E-state index contributed by atoms with van der Waals surface area (Å²) < 4.78 is 0. The van der Waals surface area contributed by atoms with Crippen molar-refractivity contribution in [2.75, 3.05) is 0 Å². The second-order valence-electron chi connectivity index (χ2n) is 3.56. The van der Waals surface area contributed by atoms with Crippen molar-refractivity contribution in [2.24, 2.45) is 0 Å². The maximum atomic E-state index is 10.4. The van der Waals surface area contributed by atoms with E-state index >= 15 is 0 Å². The maximum absolute atomic E-state index is 10.4. The quantitative estimate of drug-likeness (QED) is 0.803. The van der Waals surface area contributed by atoms with Gasteiger partial charge in [-0.15, -0.1) is 0 Å². The van der Waals surface area contributed by atoms with E-state index in [0.717, 1.165) is 11.1 Å². The van der Waals surface area contributed by atoms with Crippen LogP contribution in [0.25, 0.3) is 0 Å². The smallest absolute Gasteiger partial charge is 0.115 e. The first-order valence-electron chi connectivity index (χ1n) is 4.74. The Bertz CT molecular complexity index is 384. The number of hydrogen-bond acceptors (Lipinski definition) is 3. The lowest BCUT2D eigenvalue weighted by atomic mass is 9.91. The maximum Gasteiger partial charge on any atom is 0.115 e. The van der Waals surface area contributed by atoms with Gasteiger partial charge in [-0.1, -0.05) is 12.1 Å². The first kappa shape index (κ1) is 9.80. The lowest BCUT2D eigenvalue weighted by Crippen LogP contribution is -2.22. The summed E-state index contributed by atoms with van der Waals surface area (Å²) in [6, 6.07) is 7.31. The molecule has 76 valence electrons. The minimum Gasteiger partial charge on any atom is -0.381 e. The summed E-state index contributed by atoms with van der Waals surface area (Å²) in [4.78, 5) is 7.99. The van der Waals surface area contributed by atoms with Crippen molar-refractivity contribution in [1.82, 2.24) is 9.97 Å². The van der Waals surface area contributed by atoms with Crippen LogP contribution in [-0.4, -0.2) is 15.1 Å². The van der Waals surface area contributed by atoms with Crippen LogP contribution in [0, 0.1) is 0 Å². The first-order chi connectivity index (χ1) is 7.21. The third-order valence-electron chi connectivity index (χ3n) is 2.45. The molecule has 0 aliphatic rings. The average molecular weight is 200 g/mol. The van der Waals surface area contributed by atoms with Crippen LogP contribution in [0.15, 0.2) is 49.1 Å². The van der Waals surface area contributed by atoms with Gasteiger partial charge in [0.25, 0.3) is 0 Å². The zero-order valence-electron chi connectivity index (χ0n) is 8.46. The Morgan fingerprint density at radius 3 is 1.80 bits per heavy atom. The molecule has 15 heavy (non-hydrogen) atoms. The van der Waals surface area contributed by atoms with E-state index in [1.807, 2.05) is 12.1 Å². The number of hydrogen-bond donors (Lipinski definition) is 1. The summed E-state index contributed by atoms with van der Waals surface area (Å²) >= 11 is 0. The number of rotatable bonds is 2. The molecular weight excluding hydrogens is 188 g/mol. The van der Waals surface area contributed by atoms with Crippen LogP contribution in [0.3, 0.4) is 0 Å². The van der Waals surface area contributed by atoms with Crippen molar-refractivity contribution in [3.05, 3.63) is 60.2 Å². The zero-order valence-corrected chi connectivity index (χ0v) is 8.46. The zero-order chi connectivity index (χ0) is 10.7. The van der Waals surface area contributed by atoms with Gasteiger partial charge in [-0.05, 0) is 19.1 Å². The average Bonchev–Trinajstić information content (AvgIpc) is 2.31. The normalized spacial score (nSPS) is 11.3. The predicted molar refractivity (Wildman–Crippen MR) is 57.1 cm³/mol. The Balaban J connectivity index is 2.44. The van der Waals surface area contributed by atoms with Gasteiger partial charge in [0.05, 0.1) is 0 Å². The van der Waals surface area contributed by atoms with Gasteiger partial charge in [-0.2, -0.15) is 0 Å². The topological polar surface area (TPSA) is 46.0 Å². The molecule has 2 heterocycles. The van der Waals surface area contributed by atoms with Crippen LogP contribution in [0.4, 0.5) is 0 Å². The Kier molecular flexibility index (Phi) is 2.47. The summed E-state index contributed by atoms with van der Waals surface area (Å²) in [5.74, 6) is 0. The number of aliphatic hydroxyl groups is 1. The summed E-state index contributed by atoms with van der Waals surface area (Å²) in [6.07, 6.45) is 6.69. The summed E-state index contributed by atoms with van der Waals surface area (Å²) in [7, 11) is 0. The third kappa shape index (κ3) is 1.87. The number of nitrogens with zero attached hydrogens (tertiary/aromatic N) is 2. The van der Waals surface area contributed by atoms with Gasteiger partial charge in [0.15, 0.2) is 0 Å². The fourth-order valence-electron chi connectivity index (χ4n) is 1.47. The van der Waals surface area contributed by atoms with Crippen molar-refractivity contribution in [1.29, 1.82) is 0 Å². The van der Waals surface area contributed by atoms with E-state index in [-0.39, 0.29) is 0 Å². The van der Waals surface area contributed by atoms with E-state index in [9.17, 15) is 5.11 Å². The molecule has 0 atom stereocenters. The molecule has 0 radical (unpaired) electrons. The van der Waals surface area contributed by atoms with Gasteiger partial charge in [-0.3, -0.25) is 9.97 Å². The monoisotopic (exact) mass is 200 g/mol. The minimum absolute atomic E-state index is 0.762. The predicted octanol–water partition coefficient (Wildman–Crippen LogP) is 1.73. The summed E-state index contributed by atoms with van der Waals surface area (Å²) in [5, 5.41) is 10.4. The van der Waals surface area contributed by atoms with Gasteiger partial charge in [0.1, 0.15) is 5.60 Å². The molecular formula is C12H12N2O. The SMILES string of the molecule is CC(O)(c1cccnc1)c1cccnc1. The fraction of sp³-hybridized carbons (Fsp3) is 0.167. The Hall–Kier alpha value is -1.74. The molecule has 2 aromatic heterocycles. The molecule has 3 nitrogen and oxygen atoms in total. The largest absolute Gasteiger partial charge is 0.381 e. The van der Waals surface area contributed by atoms with Crippen molar-refractivity contribution >= 4 is 0 Å². The van der Waals surface area contributed by atoms with Crippen LogP contribution in [0.2, 0.25) is 0 Å². The highest BCUT2D eigenvalue weighted by Crippen LogP contribution is 2.27. The highest BCUT2D eigenvalue weighted by Gasteiger charge is 2.25. The van der Waals surface area contributed by atoms with Gasteiger partial charge >= 0.3 is 0 Å². The first-order valence-corrected chi connectivity index (χ1v) is 4.74. The Morgan fingerprint density at radius 1 is 1.00 bits per heavy atom. The molecule has 0 bridgehead atoms. The standard InChI is InChI=1S/C12H12N2O/c1-12(15,10-4-2-6-13-8-10)11-5-3-7-14-9-11/h2-9,15H,1H3. The van der Waals surface area contributed by atoms with Crippen LogP contribution in [0.5, 0.6) is 0 Å². The van der Waals surface area contributed by atoms with Crippen molar-refractivity contribution in [3.8, 4) is 0 Å². The molecule has 0 aliphatic carbocycles. The Morgan fingerprint density at radius 2 is 1.47 bits per heavy atom. The highest BCUT2D eigenvalue weighted by molar-refractivity contribution is 5.31. The molecule has 0 spiro atoms. The molecule has 0 amide bonds. The van der Waals surface area contributed by atoms with E-state index in [2.05, 4.69) is 9.97 Å². The molecule has 0 saturated carbocycles. The minimum atomic E-state index is -1.04. The number of aromatic nitrogens is 2. The van der Waals surface area contributed by atoms with Crippen molar-refractivity contribution in [3.63, 3.8) is 0 Å². The second kappa shape index (κ2) is 3.79. The van der Waals surface area contributed by atoms with Crippen LogP contribution in [0.1, 0.15) is 18.1 Å². The van der Waals surface area contributed by atoms with E-state index in [0.29, 0.717) is 0 Å². The molecule has 2 aromatic rings. The van der Waals surface area contributed by atoms with Crippen molar-refractivity contribution < 1.29 is 5.11 Å². The molecule has 0 unspecified atom stereocenters. The molecule has 0 aromatic carbocycles. The molecule has 1 N–H and O–H groups in total. The lowest BCUT2D eigenvalue weighted by Gasteiger charge is -2.23. The molecule has 0 aliphatic heterocycles. The van der Waals surface area contributed by atoms with E-state index in [4.69, 9.17) is 0 Å². The molecule has 0 saturated heterocycles. The highest BCUT2D eigenvalue weighted by atomic mass is 16.3. The summed E-state index contributed by atoms with van der Waals surface area (Å²) in [6.45, 7) is 1.74. The van der Waals surface area contributed by atoms with E-state index < -0.39 is 5.60 Å². The van der Waals surface area contributed by atoms with Gasteiger partial charge in [-0.25, -0.2) is 0 Å². The van der Waals surface area contributed by atoms with Gasteiger partial charge in [0.2, 0.25) is 0 Å². The fourth-order valence-corrected chi connectivity index (χ4v) is 1.47. The van der Waals surface area contributed by atoms with E-state index in [1.165, 1.54) is 0 Å².